The molecule has 2 aromatic rings. The highest BCUT2D eigenvalue weighted by atomic mass is 35.5. The number of nitrogens with zero attached hydrogens (tertiary/aromatic N) is 2. The van der Waals surface area contributed by atoms with Crippen LogP contribution >= 0.6 is 22.9 Å². The van der Waals surface area contributed by atoms with Gasteiger partial charge in [0.25, 0.3) is 0 Å². The number of aliphatic hydroxyl groups is 1. The van der Waals surface area contributed by atoms with Crippen molar-refractivity contribution in [2.75, 3.05) is 0 Å². The maximum Gasteiger partial charge on any atom is 0.123 e. The Kier molecular flexibility index (Phi) is 4.10. The van der Waals surface area contributed by atoms with Gasteiger partial charge in [-0.15, -0.1) is 11.3 Å². The van der Waals surface area contributed by atoms with Crippen LogP contribution in [0.25, 0.3) is 0 Å². The molecule has 2 aromatic heterocycles. The molecular formula is C13H17ClN2OS. The minimum absolute atomic E-state index is 0.527. The van der Waals surface area contributed by atoms with Crippen LogP contribution in [0.15, 0.2) is 12.3 Å². The van der Waals surface area contributed by atoms with Gasteiger partial charge in [-0.1, -0.05) is 18.5 Å². The Balaban J connectivity index is 2.42. The molecule has 0 aliphatic rings. The first-order valence-electron chi connectivity index (χ1n) is 6.00. The number of halogens is 1. The smallest absolute Gasteiger partial charge is 0.123 e. The third-order valence-electron chi connectivity index (χ3n) is 2.90. The lowest BCUT2D eigenvalue weighted by atomic mass is 10.1. The highest BCUT2D eigenvalue weighted by Crippen LogP contribution is 2.33. The van der Waals surface area contributed by atoms with Crippen molar-refractivity contribution in [1.82, 2.24) is 9.78 Å². The molecule has 1 N–H and O–H groups in total. The van der Waals surface area contributed by atoms with Gasteiger partial charge >= 0.3 is 0 Å². The summed E-state index contributed by atoms with van der Waals surface area (Å²) in [5, 5.41) is 15.3. The Morgan fingerprint density at radius 3 is 2.78 bits per heavy atom. The number of aryl methyl sites for hydroxylation is 3. The zero-order valence-corrected chi connectivity index (χ0v) is 12.3. The minimum Gasteiger partial charge on any atom is -0.382 e. The summed E-state index contributed by atoms with van der Waals surface area (Å²) >= 11 is 7.83. The number of hydrogen-bond acceptors (Lipinski definition) is 3. The lowest BCUT2D eigenvalue weighted by molar-refractivity contribution is 0.207. The molecule has 0 aliphatic carbocycles. The maximum atomic E-state index is 10.5. The predicted octanol–water partition coefficient (Wildman–Crippen LogP) is 3.71. The van der Waals surface area contributed by atoms with Crippen molar-refractivity contribution in [3.8, 4) is 0 Å². The highest BCUT2D eigenvalue weighted by Gasteiger charge is 2.22. The second-order valence-electron chi connectivity index (χ2n) is 4.37. The average Bonchev–Trinajstić information content (AvgIpc) is 2.82. The van der Waals surface area contributed by atoms with Crippen molar-refractivity contribution in [1.29, 1.82) is 0 Å². The van der Waals surface area contributed by atoms with Crippen LogP contribution in [0.5, 0.6) is 0 Å². The molecule has 1 unspecified atom stereocenters. The number of aromatic nitrogens is 2. The van der Waals surface area contributed by atoms with Crippen LogP contribution < -0.4 is 0 Å². The van der Waals surface area contributed by atoms with E-state index in [1.54, 1.807) is 22.2 Å². The Hall–Kier alpha value is -0.840. The summed E-state index contributed by atoms with van der Waals surface area (Å²) < 4.78 is 1.79. The van der Waals surface area contributed by atoms with Gasteiger partial charge in [0.15, 0.2) is 0 Å². The fourth-order valence-corrected chi connectivity index (χ4v) is 3.30. The van der Waals surface area contributed by atoms with E-state index in [1.165, 1.54) is 4.88 Å². The summed E-state index contributed by atoms with van der Waals surface area (Å²) in [4.78, 5) is 2.32. The van der Waals surface area contributed by atoms with Crippen molar-refractivity contribution in [3.05, 3.63) is 38.3 Å². The van der Waals surface area contributed by atoms with Gasteiger partial charge in [0.05, 0.1) is 16.9 Å². The topological polar surface area (TPSA) is 38.0 Å². The van der Waals surface area contributed by atoms with Crippen molar-refractivity contribution in [3.63, 3.8) is 0 Å². The van der Waals surface area contributed by atoms with Gasteiger partial charge in [-0.3, -0.25) is 4.68 Å². The van der Waals surface area contributed by atoms with Gasteiger partial charge in [0.2, 0.25) is 0 Å². The fourth-order valence-electron chi connectivity index (χ4n) is 2.10. The van der Waals surface area contributed by atoms with Crippen LogP contribution in [0.2, 0.25) is 5.02 Å². The second kappa shape index (κ2) is 5.43. The summed E-state index contributed by atoms with van der Waals surface area (Å²) in [5.74, 6) is 0. The van der Waals surface area contributed by atoms with E-state index in [9.17, 15) is 5.11 Å². The van der Waals surface area contributed by atoms with E-state index >= 15 is 0 Å². The molecule has 0 fully saturated rings. The van der Waals surface area contributed by atoms with Gasteiger partial charge in [-0.05, 0) is 26.3 Å². The molecule has 0 saturated heterocycles. The van der Waals surface area contributed by atoms with Crippen LogP contribution in [0, 0.1) is 13.8 Å². The van der Waals surface area contributed by atoms with Crippen LogP contribution in [-0.4, -0.2) is 14.9 Å². The molecule has 3 nitrogen and oxygen atoms in total. The molecule has 0 aromatic carbocycles. The monoisotopic (exact) mass is 284 g/mol. The SMILES string of the molecule is CCCn1ncc(Cl)c1C(O)c1cc(C)sc1C. The van der Waals surface area contributed by atoms with Crippen LogP contribution in [-0.2, 0) is 6.54 Å². The van der Waals surface area contributed by atoms with E-state index in [1.807, 2.05) is 19.9 Å². The molecule has 2 heterocycles. The number of hydrogen-bond donors (Lipinski definition) is 1. The lowest BCUT2D eigenvalue weighted by Crippen LogP contribution is -2.10. The van der Waals surface area contributed by atoms with E-state index in [4.69, 9.17) is 11.6 Å². The summed E-state index contributed by atoms with van der Waals surface area (Å²) in [7, 11) is 0. The highest BCUT2D eigenvalue weighted by molar-refractivity contribution is 7.12. The van der Waals surface area contributed by atoms with E-state index in [0.29, 0.717) is 10.7 Å². The van der Waals surface area contributed by atoms with Crippen molar-refractivity contribution >= 4 is 22.9 Å². The minimum atomic E-state index is -0.698. The van der Waals surface area contributed by atoms with Gasteiger partial charge in [0.1, 0.15) is 6.10 Å². The Bertz CT molecular complexity index is 547. The van der Waals surface area contributed by atoms with Crippen molar-refractivity contribution in [2.24, 2.45) is 0 Å². The molecule has 98 valence electrons. The summed E-state index contributed by atoms with van der Waals surface area (Å²) in [5.41, 5.74) is 1.62. The van der Waals surface area contributed by atoms with Crippen molar-refractivity contribution < 1.29 is 5.11 Å². The first-order chi connectivity index (χ1) is 8.54. The molecule has 0 aliphatic heterocycles. The Morgan fingerprint density at radius 1 is 1.50 bits per heavy atom. The molecular weight excluding hydrogens is 268 g/mol. The number of aliphatic hydroxyl groups excluding tert-OH is 1. The lowest BCUT2D eigenvalue weighted by Gasteiger charge is -2.13. The quantitative estimate of drug-likeness (QED) is 0.929. The standard InChI is InChI=1S/C13H17ClN2OS/c1-4-5-16-12(11(14)7-15-16)13(17)10-6-8(2)18-9(10)3/h6-7,13,17H,4-5H2,1-3H3. The van der Waals surface area contributed by atoms with E-state index in [2.05, 4.69) is 12.0 Å². The molecule has 0 amide bonds. The number of rotatable bonds is 4. The average molecular weight is 285 g/mol. The third kappa shape index (κ3) is 2.46. The van der Waals surface area contributed by atoms with Gasteiger partial charge < -0.3 is 5.11 Å². The second-order valence-corrected chi connectivity index (χ2v) is 6.24. The molecule has 0 bridgehead atoms. The van der Waals surface area contributed by atoms with Crippen LogP contribution in [0.4, 0.5) is 0 Å². The Labute approximate surface area is 116 Å². The predicted molar refractivity (Wildman–Crippen MR) is 75.4 cm³/mol. The normalized spacial score (nSPS) is 12.9. The summed E-state index contributed by atoms with van der Waals surface area (Å²) in [6.07, 6.45) is 1.86. The fraction of sp³-hybridized carbons (Fsp3) is 0.462. The number of thiophene rings is 1. The van der Waals surface area contributed by atoms with E-state index in [-0.39, 0.29) is 0 Å². The third-order valence-corrected chi connectivity index (χ3v) is 4.17. The zero-order valence-electron chi connectivity index (χ0n) is 10.8. The molecule has 18 heavy (non-hydrogen) atoms. The van der Waals surface area contributed by atoms with Gasteiger partial charge in [0, 0.05) is 21.9 Å². The first-order valence-corrected chi connectivity index (χ1v) is 7.20. The molecule has 1 atom stereocenters. The Morgan fingerprint density at radius 2 is 2.22 bits per heavy atom. The zero-order chi connectivity index (χ0) is 13.3. The van der Waals surface area contributed by atoms with E-state index < -0.39 is 6.10 Å². The first kappa shape index (κ1) is 13.6. The molecule has 5 heteroatoms. The van der Waals surface area contributed by atoms with Crippen molar-refractivity contribution in [2.45, 2.75) is 39.8 Å². The molecule has 0 spiro atoms. The molecule has 0 saturated carbocycles. The molecule has 2 rings (SSSR count). The summed E-state index contributed by atoms with van der Waals surface area (Å²) in [6.45, 7) is 6.90. The molecule has 0 radical (unpaired) electrons. The maximum absolute atomic E-state index is 10.5. The summed E-state index contributed by atoms with van der Waals surface area (Å²) in [6, 6.07) is 2.02. The van der Waals surface area contributed by atoms with Gasteiger partial charge in [-0.2, -0.15) is 5.10 Å². The van der Waals surface area contributed by atoms with Crippen LogP contribution in [0.1, 0.15) is 40.5 Å². The van der Waals surface area contributed by atoms with E-state index in [0.717, 1.165) is 23.4 Å². The van der Waals surface area contributed by atoms with Crippen LogP contribution in [0.3, 0.4) is 0 Å². The van der Waals surface area contributed by atoms with Gasteiger partial charge in [-0.25, -0.2) is 0 Å². The largest absolute Gasteiger partial charge is 0.382 e.